The summed E-state index contributed by atoms with van der Waals surface area (Å²) in [4.78, 5) is 33.4. The number of hydrogen-bond donors (Lipinski definition) is 2. The van der Waals surface area contributed by atoms with E-state index in [1.807, 2.05) is 0 Å². The van der Waals surface area contributed by atoms with Crippen molar-refractivity contribution in [2.45, 2.75) is 32.9 Å². The van der Waals surface area contributed by atoms with Gasteiger partial charge in [-0.05, 0) is 31.2 Å². The van der Waals surface area contributed by atoms with Gasteiger partial charge in [0.25, 0.3) is 5.91 Å². The fourth-order valence-electron chi connectivity index (χ4n) is 4.35. The summed E-state index contributed by atoms with van der Waals surface area (Å²) in [5.41, 5.74) is 2.32. The van der Waals surface area contributed by atoms with Gasteiger partial charge in [0.2, 0.25) is 11.8 Å². The number of imidazole rings is 1. The number of fused-ring (bicyclic) bond motifs is 1. The van der Waals surface area contributed by atoms with Crippen molar-refractivity contribution >= 4 is 23.3 Å². The number of pyridine rings is 1. The van der Waals surface area contributed by atoms with E-state index in [1.54, 1.807) is 31.3 Å². The van der Waals surface area contributed by atoms with Gasteiger partial charge in [0.05, 0.1) is 37.9 Å². The van der Waals surface area contributed by atoms with Gasteiger partial charge < -0.3 is 24.8 Å². The highest BCUT2D eigenvalue weighted by atomic mass is 19.1. The zero-order chi connectivity index (χ0) is 28.4. The largest absolute Gasteiger partial charge is 0.484 e. The van der Waals surface area contributed by atoms with E-state index in [0.29, 0.717) is 48.1 Å². The number of amides is 2. The number of benzene rings is 1. The van der Waals surface area contributed by atoms with Crippen LogP contribution in [0.25, 0.3) is 16.9 Å². The van der Waals surface area contributed by atoms with Gasteiger partial charge in [0.1, 0.15) is 17.5 Å². The van der Waals surface area contributed by atoms with Crippen LogP contribution >= 0.6 is 0 Å². The van der Waals surface area contributed by atoms with Gasteiger partial charge in [-0.15, -0.1) is 0 Å². The third-order valence-electron chi connectivity index (χ3n) is 6.21. The van der Waals surface area contributed by atoms with Crippen LogP contribution in [-0.4, -0.2) is 57.8 Å². The topological polar surface area (TPSA) is 129 Å². The van der Waals surface area contributed by atoms with Crippen LogP contribution in [0.1, 0.15) is 35.0 Å². The number of halogens is 2. The molecule has 1 atom stereocenters. The molecular formula is C27H26F2N6O5. The molecule has 1 fully saturated rings. The van der Waals surface area contributed by atoms with Crippen molar-refractivity contribution in [3.05, 3.63) is 65.0 Å². The maximum absolute atomic E-state index is 14.6. The molecule has 1 aliphatic heterocycles. The zero-order valence-electron chi connectivity index (χ0n) is 22.0. The maximum Gasteiger partial charge on any atom is 0.257 e. The molecule has 0 radical (unpaired) electrons. The Kier molecular flexibility index (Phi) is 7.56. The number of carbonyl (C=O) groups is 2. The number of hydrogen-bond acceptors (Lipinski definition) is 8. The molecule has 3 aromatic heterocycles. The number of aryl methyl sites for hydroxylation is 1. The molecule has 1 aromatic carbocycles. The monoisotopic (exact) mass is 552 g/mol. The van der Waals surface area contributed by atoms with E-state index in [2.05, 4.69) is 25.7 Å². The SMILES string of the molecule is COc1nc(C)c(-c2ccc3nc(NC(C)=O)cn3n2)cc1C(=O)NCc1cc(F)cc(F)c1O[C@@H]1CCOC1. The summed E-state index contributed by atoms with van der Waals surface area (Å²) in [6.45, 7) is 3.69. The minimum absolute atomic E-state index is 0.0698. The Bertz CT molecular complexity index is 1600. The van der Waals surface area contributed by atoms with Crippen LogP contribution in [0.5, 0.6) is 11.6 Å². The van der Waals surface area contributed by atoms with Crippen LogP contribution in [0.3, 0.4) is 0 Å². The molecule has 1 aliphatic rings. The van der Waals surface area contributed by atoms with Gasteiger partial charge >= 0.3 is 0 Å². The normalized spacial score (nSPS) is 14.8. The van der Waals surface area contributed by atoms with E-state index in [9.17, 15) is 18.4 Å². The van der Waals surface area contributed by atoms with E-state index >= 15 is 0 Å². The molecule has 40 heavy (non-hydrogen) atoms. The summed E-state index contributed by atoms with van der Waals surface area (Å²) < 4.78 is 46.5. The molecule has 0 aliphatic carbocycles. The maximum atomic E-state index is 14.6. The van der Waals surface area contributed by atoms with Crippen LogP contribution < -0.4 is 20.1 Å². The van der Waals surface area contributed by atoms with Gasteiger partial charge in [0, 0.05) is 37.1 Å². The molecule has 11 nitrogen and oxygen atoms in total. The first kappa shape index (κ1) is 26.9. The summed E-state index contributed by atoms with van der Waals surface area (Å²) in [5, 5.41) is 9.83. The lowest BCUT2D eigenvalue weighted by Crippen LogP contribution is -2.25. The number of aromatic nitrogens is 4. The van der Waals surface area contributed by atoms with Crippen LogP contribution in [0, 0.1) is 18.6 Å². The molecular weight excluding hydrogens is 526 g/mol. The summed E-state index contributed by atoms with van der Waals surface area (Å²) >= 11 is 0. The molecule has 0 spiro atoms. The molecule has 0 saturated carbocycles. The predicted molar refractivity (Wildman–Crippen MR) is 139 cm³/mol. The lowest BCUT2D eigenvalue weighted by molar-refractivity contribution is -0.114. The quantitative estimate of drug-likeness (QED) is 0.340. The van der Waals surface area contributed by atoms with Crippen molar-refractivity contribution in [2.24, 2.45) is 0 Å². The van der Waals surface area contributed by atoms with Crippen LogP contribution in [0.2, 0.25) is 0 Å². The number of carbonyl (C=O) groups excluding carboxylic acids is 2. The van der Waals surface area contributed by atoms with Gasteiger partial charge in [0.15, 0.2) is 23.0 Å². The third kappa shape index (κ3) is 5.69. The van der Waals surface area contributed by atoms with Crippen molar-refractivity contribution in [2.75, 3.05) is 25.6 Å². The second kappa shape index (κ2) is 11.2. The van der Waals surface area contributed by atoms with Gasteiger partial charge in [-0.25, -0.2) is 23.3 Å². The summed E-state index contributed by atoms with van der Waals surface area (Å²) in [7, 11) is 1.38. The number of nitrogens with zero attached hydrogens (tertiary/aromatic N) is 4. The Hall–Kier alpha value is -4.65. The highest BCUT2D eigenvalue weighted by molar-refractivity contribution is 5.97. The number of ether oxygens (including phenoxy) is 3. The first-order valence-corrected chi connectivity index (χ1v) is 12.4. The highest BCUT2D eigenvalue weighted by Crippen LogP contribution is 2.29. The van der Waals surface area contributed by atoms with E-state index in [1.165, 1.54) is 18.5 Å². The van der Waals surface area contributed by atoms with E-state index in [0.717, 1.165) is 12.1 Å². The number of methoxy groups -OCH3 is 1. The smallest absolute Gasteiger partial charge is 0.257 e. The second-order valence-electron chi connectivity index (χ2n) is 9.17. The molecule has 2 N–H and O–H groups in total. The molecule has 0 unspecified atom stereocenters. The fourth-order valence-corrected chi connectivity index (χ4v) is 4.35. The lowest BCUT2D eigenvalue weighted by Gasteiger charge is -2.17. The summed E-state index contributed by atoms with van der Waals surface area (Å²) in [6.07, 6.45) is 1.77. The lowest BCUT2D eigenvalue weighted by atomic mass is 10.1. The molecule has 4 aromatic rings. The minimum atomic E-state index is -0.865. The van der Waals surface area contributed by atoms with E-state index < -0.39 is 17.5 Å². The predicted octanol–water partition coefficient (Wildman–Crippen LogP) is 3.44. The molecule has 4 heterocycles. The van der Waals surface area contributed by atoms with Gasteiger partial charge in [-0.1, -0.05) is 0 Å². The molecule has 13 heteroatoms. The molecule has 208 valence electrons. The van der Waals surface area contributed by atoms with Crippen molar-refractivity contribution in [1.29, 1.82) is 0 Å². The standard InChI is InChI=1S/C27H26F2N6O5/c1-14-19(22-4-5-24-33-23(32-15(2)36)12-35(24)34-22)10-20(27(31-14)38-3)26(37)30-11-16-8-17(28)9-21(29)25(16)40-18-6-7-39-13-18/h4-5,8-10,12,18H,6-7,11,13H2,1-3H3,(H,30,37)(H,32,36)/t18-/m1/s1. The van der Waals surface area contributed by atoms with Gasteiger partial charge in [-0.3, -0.25) is 9.59 Å². The molecule has 5 rings (SSSR count). The van der Waals surface area contributed by atoms with E-state index in [4.69, 9.17) is 14.2 Å². The summed E-state index contributed by atoms with van der Waals surface area (Å²) in [5.74, 6) is -2.22. The van der Waals surface area contributed by atoms with Crippen LogP contribution in [0.4, 0.5) is 14.6 Å². The van der Waals surface area contributed by atoms with Crippen LogP contribution in [-0.2, 0) is 16.1 Å². The molecule has 1 saturated heterocycles. The first-order chi connectivity index (χ1) is 19.2. The molecule has 2 amide bonds. The average molecular weight is 553 g/mol. The first-order valence-electron chi connectivity index (χ1n) is 12.4. The Morgan fingerprint density at radius 2 is 2.02 bits per heavy atom. The Balaban J connectivity index is 1.42. The van der Waals surface area contributed by atoms with Crippen molar-refractivity contribution in [3.63, 3.8) is 0 Å². The van der Waals surface area contributed by atoms with E-state index in [-0.39, 0.29) is 41.3 Å². The Morgan fingerprint density at radius 1 is 1.20 bits per heavy atom. The molecule has 0 bridgehead atoms. The Morgan fingerprint density at radius 3 is 2.75 bits per heavy atom. The number of nitrogens with one attached hydrogen (secondary N) is 2. The van der Waals surface area contributed by atoms with Crippen molar-refractivity contribution < 1.29 is 32.6 Å². The minimum Gasteiger partial charge on any atom is -0.484 e. The fraction of sp³-hybridized carbons (Fsp3) is 0.296. The van der Waals surface area contributed by atoms with Crippen molar-refractivity contribution in [3.8, 4) is 22.9 Å². The second-order valence-corrected chi connectivity index (χ2v) is 9.17. The highest BCUT2D eigenvalue weighted by Gasteiger charge is 2.23. The van der Waals surface area contributed by atoms with Gasteiger partial charge in [-0.2, -0.15) is 5.10 Å². The summed E-state index contributed by atoms with van der Waals surface area (Å²) in [6, 6.07) is 6.86. The number of anilines is 1. The average Bonchev–Trinajstić information content (AvgIpc) is 3.57. The Labute approximate surface area is 227 Å². The van der Waals surface area contributed by atoms with Crippen LogP contribution in [0.15, 0.2) is 36.5 Å². The third-order valence-corrected chi connectivity index (χ3v) is 6.21. The number of rotatable bonds is 8. The zero-order valence-corrected chi connectivity index (χ0v) is 22.0. The van der Waals surface area contributed by atoms with Crippen molar-refractivity contribution in [1.82, 2.24) is 24.9 Å².